The molecule has 0 saturated heterocycles. The third-order valence-corrected chi connectivity index (χ3v) is 8.38. The Morgan fingerprint density at radius 1 is 0.489 bits per heavy atom. The standard InChI is InChI=1S/C42H74O5/c1-3-5-7-9-11-13-15-17-19-20-21-22-23-25-27-29-31-33-35-37-42(45)47-40(38-43)39-46-41(44)36-34-32-30-28-26-24-18-16-14-12-10-8-6-4-2/h11,13,17,19,21-22,25,27,40,43H,3-10,12,14-16,18,20,23-24,26,28-39H2,1-2H3/b13-11-,19-17-,22-21-,27-25-/t40-/m0/s1. The average molecular weight is 659 g/mol. The van der Waals surface area contributed by atoms with Gasteiger partial charge >= 0.3 is 11.9 Å². The Morgan fingerprint density at radius 3 is 1.32 bits per heavy atom. The molecule has 5 nitrogen and oxygen atoms in total. The van der Waals surface area contributed by atoms with Gasteiger partial charge < -0.3 is 14.6 Å². The molecule has 0 aliphatic heterocycles. The van der Waals surface area contributed by atoms with Gasteiger partial charge in [-0.25, -0.2) is 0 Å². The molecule has 0 saturated carbocycles. The van der Waals surface area contributed by atoms with Gasteiger partial charge in [0.2, 0.25) is 0 Å². The number of aliphatic hydroxyl groups excluding tert-OH is 1. The zero-order chi connectivity index (χ0) is 34.3. The number of allylic oxidation sites excluding steroid dienone is 8. The Kier molecular flexibility index (Phi) is 36.6. The molecule has 0 aromatic carbocycles. The molecule has 0 radical (unpaired) electrons. The van der Waals surface area contributed by atoms with Crippen molar-refractivity contribution in [2.24, 2.45) is 0 Å². The topological polar surface area (TPSA) is 72.8 Å². The number of hydrogen-bond acceptors (Lipinski definition) is 5. The number of unbranched alkanes of at least 4 members (excludes halogenated alkanes) is 19. The summed E-state index contributed by atoms with van der Waals surface area (Å²) >= 11 is 0. The van der Waals surface area contributed by atoms with Crippen LogP contribution in [-0.2, 0) is 19.1 Å². The van der Waals surface area contributed by atoms with Crippen LogP contribution in [0, 0.1) is 0 Å². The van der Waals surface area contributed by atoms with Gasteiger partial charge in [0.25, 0.3) is 0 Å². The Morgan fingerprint density at radius 2 is 0.851 bits per heavy atom. The van der Waals surface area contributed by atoms with Crippen molar-refractivity contribution in [2.75, 3.05) is 13.2 Å². The molecule has 0 aliphatic carbocycles. The monoisotopic (exact) mass is 659 g/mol. The molecule has 0 bridgehead atoms. The van der Waals surface area contributed by atoms with E-state index in [9.17, 15) is 14.7 Å². The number of aliphatic hydroxyl groups is 1. The van der Waals surface area contributed by atoms with E-state index in [4.69, 9.17) is 9.47 Å². The molecule has 47 heavy (non-hydrogen) atoms. The van der Waals surface area contributed by atoms with E-state index in [0.717, 1.165) is 64.2 Å². The number of esters is 2. The first kappa shape index (κ1) is 44.9. The van der Waals surface area contributed by atoms with Crippen LogP contribution in [0.15, 0.2) is 48.6 Å². The summed E-state index contributed by atoms with van der Waals surface area (Å²) in [5.41, 5.74) is 0. The van der Waals surface area contributed by atoms with Crippen molar-refractivity contribution in [3.05, 3.63) is 48.6 Å². The Bertz CT molecular complexity index is 797. The first-order valence-electron chi connectivity index (χ1n) is 19.7. The lowest BCUT2D eigenvalue weighted by Gasteiger charge is -2.15. The molecular formula is C42H74O5. The van der Waals surface area contributed by atoms with Crippen LogP contribution >= 0.6 is 0 Å². The van der Waals surface area contributed by atoms with Crippen molar-refractivity contribution >= 4 is 11.9 Å². The Hall–Kier alpha value is -2.14. The van der Waals surface area contributed by atoms with E-state index in [0.29, 0.717) is 12.8 Å². The first-order valence-corrected chi connectivity index (χ1v) is 19.7. The van der Waals surface area contributed by atoms with Gasteiger partial charge in [-0.2, -0.15) is 0 Å². The van der Waals surface area contributed by atoms with Crippen molar-refractivity contribution in [1.82, 2.24) is 0 Å². The highest BCUT2D eigenvalue weighted by Crippen LogP contribution is 2.14. The molecule has 0 unspecified atom stereocenters. The number of hydrogen-bond donors (Lipinski definition) is 1. The fraction of sp³-hybridized carbons (Fsp3) is 0.762. The van der Waals surface area contributed by atoms with E-state index < -0.39 is 6.10 Å². The fourth-order valence-electron chi connectivity index (χ4n) is 5.36. The predicted molar refractivity (Wildman–Crippen MR) is 200 cm³/mol. The molecule has 0 rings (SSSR count). The largest absolute Gasteiger partial charge is 0.462 e. The summed E-state index contributed by atoms with van der Waals surface area (Å²) in [6.45, 7) is 4.08. The highest BCUT2D eigenvalue weighted by atomic mass is 16.6. The minimum Gasteiger partial charge on any atom is -0.462 e. The number of ether oxygens (including phenoxy) is 2. The predicted octanol–water partition coefficient (Wildman–Crippen LogP) is 12.2. The highest BCUT2D eigenvalue weighted by Gasteiger charge is 2.16. The van der Waals surface area contributed by atoms with Gasteiger partial charge in [0.15, 0.2) is 6.10 Å². The van der Waals surface area contributed by atoms with Crippen molar-refractivity contribution in [2.45, 2.75) is 193 Å². The van der Waals surface area contributed by atoms with Gasteiger partial charge in [-0.05, 0) is 57.8 Å². The third kappa shape index (κ3) is 36.5. The van der Waals surface area contributed by atoms with Crippen LogP contribution in [-0.4, -0.2) is 36.4 Å². The third-order valence-electron chi connectivity index (χ3n) is 8.38. The molecular weight excluding hydrogens is 584 g/mol. The van der Waals surface area contributed by atoms with Crippen molar-refractivity contribution < 1.29 is 24.2 Å². The lowest BCUT2D eigenvalue weighted by Crippen LogP contribution is -2.28. The minimum absolute atomic E-state index is 0.0776. The van der Waals surface area contributed by atoms with Gasteiger partial charge in [0.05, 0.1) is 6.61 Å². The van der Waals surface area contributed by atoms with E-state index in [1.807, 2.05) is 0 Å². The van der Waals surface area contributed by atoms with E-state index in [-0.39, 0.29) is 25.2 Å². The van der Waals surface area contributed by atoms with Gasteiger partial charge in [0.1, 0.15) is 6.61 Å². The maximum Gasteiger partial charge on any atom is 0.306 e. The molecule has 0 heterocycles. The maximum absolute atomic E-state index is 12.2. The Balaban J connectivity index is 3.63. The molecule has 1 N–H and O–H groups in total. The van der Waals surface area contributed by atoms with Crippen LogP contribution in [0.5, 0.6) is 0 Å². The summed E-state index contributed by atoms with van der Waals surface area (Å²) in [4.78, 5) is 24.2. The smallest absolute Gasteiger partial charge is 0.306 e. The molecule has 0 aliphatic rings. The van der Waals surface area contributed by atoms with E-state index in [1.54, 1.807) is 0 Å². The van der Waals surface area contributed by atoms with Crippen molar-refractivity contribution in [3.63, 3.8) is 0 Å². The van der Waals surface area contributed by atoms with Crippen LogP contribution in [0.1, 0.15) is 187 Å². The average Bonchev–Trinajstić information content (AvgIpc) is 3.07. The van der Waals surface area contributed by atoms with Gasteiger partial charge in [0, 0.05) is 12.8 Å². The van der Waals surface area contributed by atoms with Gasteiger partial charge in [-0.3, -0.25) is 9.59 Å². The molecule has 1 atom stereocenters. The molecule has 5 heteroatoms. The summed E-state index contributed by atoms with van der Waals surface area (Å²) in [7, 11) is 0. The fourth-order valence-corrected chi connectivity index (χ4v) is 5.36. The van der Waals surface area contributed by atoms with E-state index in [2.05, 4.69) is 62.5 Å². The van der Waals surface area contributed by atoms with Gasteiger partial charge in [-0.15, -0.1) is 0 Å². The lowest BCUT2D eigenvalue weighted by molar-refractivity contribution is -0.161. The summed E-state index contributed by atoms with van der Waals surface area (Å²) in [5, 5.41) is 9.54. The Labute approximate surface area is 290 Å². The normalized spacial score (nSPS) is 12.7. The summed E-state index contributed by atoms with van der Waals surface area (Å²) < 4.78 is 10.6. The first-order chi connectivity index (χ1) is 23.1. The zero-order valence-corrected chi connectivity index (χ0v) is 30.8. The van der Waals surface area contributed by atoms with Crippen LogP contribution in [0.2, 0.25) is 0 Å². The maximum atomic E-state index is 12.2. The van der Waals surface area contributed by atoms with Crippen molar-refractivity contribution in [1.29, 1.82) is 0 Å². The second kappa shape index (κ2) is 38.3. The van der Waals surface area contributed by atoms with Crippen LogP contribution in [0.25, 0.3) is 0 Å². The summed E-state index contributed by atoms with van der Waals surface area (Å²) in [6, 6.07) is 0. The van der Waals surface area contributed by atoms with Crippen LogP contribution in [0.4, 0.5) is 0 Å². The van der Waals surface area contributed by atoms with E-state index in [1.165, 1.54) is 96.3 Å². The number of rotatable bonds is 35. The molecule has 0 aromatic heterocycles. The van der Waals surface area contributed by atoms with Crippen LogP contribution < -0.4 is 0 Å². The second-order valence-corrected chi connectivity index (χ2v) is 13.0. The van der Waals surface area contributed by atoms with E-state index >= 15 is 0 Å². The molecule has 0 amide bonds. The van der Waals surface area contributed by atoms with Crippen molar-refractivity contribution in [3.8, 4) is 0 Å². The molecule has 0 aromatic rings. The summed E-state index contributed by atoms with van der Waals surface area (Å²) in [5.74, 6) is -0.625. The number of carbonyl (C=O) groups excluding carboxylic acids is 2. The van der Waals surface area contributed by atoms with Crippen LogP contribution in [0.3, 0.4) is 0 Å². The van der Waals surface area contributed by atoms with Gasteiger partial charge in [-0.1, -0.05) is 165 Å². The highest BCUT2D eigenvalue weighted by molar-refractivity contribution is 5.70. The molecule has 0 spiro atoms. The SMILES string of the molecule is CCCCC/C=C\C/C=C\C/C=C\C/C=C\CCCCCC(=O)O[C@@H](CO)COC(=O)CCCCCCCCCCCCCCCC. The molecule has 272 valence electrons. The quantitative estimate of drug-likeness (QED) is 0.0417. The minimum atomic E-state index is -0.786. The number of carbonyl (C=O) groups is 2. The molecule has 0 fully saturated rings. The second-order valence-electron chi connectivity index (χ2n) is 13.0. The summed E-state index contributed by atoms with van der Waals surface area (Å²) in [6.07, 6.45) is 47.4. The zero-order valence-electron chi connectivity index (χ0n) is 30.8. The lowest BCUT2D eigenvalue weighted by atomic mass is 10.0.